The van der Waals surface area contributed by atoms with Crippen LogP contribution in [0.25, 0.3) is 0 Å². The Hall–Kier alpha value is -0.0800. The minimum atomic E-state index is 0.672. The lowest BCUT2D eigenvalue weighted by Crippen LogP contribution is -2.43. The smallest absolute Gasteiger partial charge is 0.0221 e. The Morgan fingerprint density at radius 1 is 0.833 bits per heavy atom. The van der Waals surface area contributed by atoms with Gasteiger partial charge in [0, 0.05) is 12.6 Å². The summed E-state index contributed by atoms with van der Waals surface area (Å²) in [7, 11) is 0. The lowest BCUT2D eigenvalue weighted by atomic mass is 9.84. The van der Waals surface area contributed by atoms with Gasteiger partial charge in [0.15, 0.2) is 0 Å². The molecule has 1 aliphatic heterocycles. The van der Waals surface area contributed by atoms with Gasteiger partial charge >= 0.3 is 0 Å². The second kappa shape index (κ2) is 8.16. The first kappa shape index (κ1) is 14.3. The van der Waals surface area contributed by atoms with E-state index in [2.05, 4.69) is 4.90 Å². The van der Waals surface area contributed by atoms with Crippen LogP contribution in [0.15, 0.2) is 0 Å². The van der Waals surface area contributed by atoms with Crippen molar-refractivity contribution in [2.75, 3.05) is 19.6 Å². The van der Waals surface area contributed by atoms with Gasteiger partial charge in [0.05, 0.1) is 0 Å². The van der Waals surface area contributed by atoms with E-state index in [1.54, 1.807) is 0 Å². The molecule has 0 radical (unpaired) electrons. The highest BCUT2D eigenvalue weighted by Gasteiger charge is 2.23. The lowest BCUT2D eigenvalue weighted by Gasteiger charge is -2.35. The zero-order valence-corrected chi connectivity index (χ0v) is 12.1. The van der Waals surface area contributed by atoms with Crippen molar-refractivity contribution in [2.45, 2.75) is 76.7 Å². The standard InChI is InChI=1S/C16H32N2/c17-14-16(13-15-9-5-4-6-10-15)18-11-7-2-1-3-8-12-18/h15-16H,1-14,17H2. The summed E-state index contributed by atoms with van der Waals surface area (Å²) in [5.41, 5.74) is 6.07. The van der Waals surface area contributed by atoms with Crippen LogP contribution in [0.2, 0.25) is 0 Å². The van der Waals surface area contributed by atoms with Crippen molar-refractivity contribution in [3.05, 3.63) is 0 Å². The number of hydrogen-bond donors (Lipinski definition) is 1. The minimum Gasteiger partial charge on any atom is -0.329 e. The third kappa shape index (κ3) is 4.55. The van der Waals surface area contributed by atoms with Gasteiger partial charge < -0.3 is 5.73 Å². The molecule has 18 heavy (non-hydrogen) atoms. The fourth-order valence-corrected chi connectivity index (χ4v) is 3.84. The maximum Gasteiger partial charge on any atom is 0.0221 e. The summed E-state index contributed by atoms with van der Waals surface area (Å²) in [5, 5.41) is 0. The molecule has 1 unspecified atom stereocenters. The number of nitrogens with two attached hydrogens (primary N) is 1. The predicted octanol–water partition coefficient (Wildman–Crippen LogP) is 3.55. The molecule has 2 rings (SSSR count). The number of nitrogens with zero attached hydrogens (tertiary/aromatic N) is 1. The van der Waals surface area contributed by atoms with Crippen LogP contribution in [-0.4, -0.2) is 30.6 Å². The van der Waals surface area contributed by atoms with Gasteiger partial charge in [-0.2, -0.15) is 0 Å². The quantitative estimate of drug-likeness (QED) is 0.829. The van der Waals surface area contributed by atoms with Gasteiger partial charge in [-0.05, 0) is 38.3 Å². The second-order valence-corrected chi connectivity index (χ2v) is 6.43. The van der Waals surface area contributed by atoms with E-state index in [1.807, 2.05) is 0 Å². The normalized spacial score (nSPS) is 26.5. The van der Waals surface area contributed by atoms with Crippen LogP contribution >= 0.6 is 0 Å². The fraction of sp³-hybridized carbons (Fsp3) is 1.00. The highest BCUT2D eigenvalue weighted by molar-refractivity contribution is 4.79. The number of rotatable bonds is 4. The van der Waals surface area contributed by atoms with E-state index in [4.69, 9.17) is 5.73 Å². The van der Waals surface area contributed by atoms with E-state index in [-0.39, 0.29) is 0 Å². The Morgan fingerprint density at radius 2 is 1.39 bits per heavy atom. The highest BCUT2D eigenvalue weighted by Crippen LogP contribution is 2.29. The first-order valence-corrected chi connectivity index (χ1v) is 8.34. The van der Waals surface area contributed by atoms with Crippen LogP contribution in [0.1, 0.15) is 70.6 Å². The molecule has 0 aromatic rings. The highest BCUT2D eigenvalue weighted by atomic mass is 15.2. The summed E-state index contributed by atoms with van der Waals surface area (Å²) < 4.78 is 0. The van der Waals surface area contributed by atoms with Gasteiger partial charge in [-0.1, -0.05) is 51.4 Å². The molecule has 1 heterocycles. The van der Waals surface area contributed by atoms with E-state index < -0.39 is 0 Å². The Balaban J connectivity index is 1.81. The topological polar surface area (TPSA) is 29.3 Å². The van der Waals surface area contributed by atoms with Gasteiger partial charge in [0.25, 0.3) is 0 Å². The summed E-state index contributed by atoms with van der Waals surface area (Å²) in [5.74, 6) is 0.970. The van der Waals surface area contributed by atoms with Crippen LogP contribution in [0.4, 0.5) is 0 Å². The molecular formula is C16H32N2. The largest absolute Gasteiger partial charge is 0.329 e. The molecule has 0 spiro atoms. The van der Waals surface area contributed by atoms with E-state index >= 15 is 0 Å². The Morgan fingerprint density at radius 3 is 2.00 bits per heavy atom. The van der Waals surface area contributed by atoms with Gasteiger partial charge in [-0.25, -0.2) is 0 Å². The van der Waals surface area contributed by atoms with Crippen molar-refractivity contribution in [3.8, 4) is 0 Å². The zero-order chi connectivity index (χ0) is 12.6. The van der Waals surface area contributed by atoms with Gasteiger partial charge in [0.1, 0.15) is 0 Å². The molecule has 0 bridgehead atoms. The van der Waals surface area contributed by atoms with E-state index in [9.17, 15) is 0 Å². The van der Waals surface area contributed by atoms with Gasteiger partial charge in [-0.3, -0.25) is 4.90 Å². The Kier molecular flexibility index (Phi) is 6.50. The molecule has 2 nitrogen and oxygen atoms in total. The van der Waals surface area contributed by atoms with Crippen LogP contribution in [-0.2, 0) is 0 Å². The summed E-state index contributed by atoms with van der Waals surface area (Å²) in [6, 6.07) is 0.672. The molecule has 0 amide bonds. The maximum atomic E-state index is 6.07. The Labute approximate surface area is 113 Å². The Bertz CT molecular complexity index is 203. The third-order valence-corrected chi connectivity index (χ3v) is 5.01. The van der Waals surface area contributed by atoms with E-state index in [0.29, 0.717) is 6.04 Å². The molecule has 1 saturated carbocycles. The van der Waals surface area contributed by atoms with Crippen molar-refractivity contribution < 1.29 is 0 Å². The van der Waals surface area contributed by atoms with Gasteiger partial charge in [-0.15, -0.1) is 0 Å². The SMILES string of the molecule is NCC(CC1CCCCC1)N1CCCCCCC1. The monoisotopic (exact) mass is 252 g/mol. The summed E-state index contributed by atoms with van der Waals surface area (Å²) in [6.07, 6.45) is 15.8. The first-order chi connectivity index (χ1) is 8.90. The van der Waals surface area contributed by atoms with Gasteiger partial charge in [0.2, 0.25) is 0 Å². The average molecular weight is 252 g/mol. The summed E-state index contributed by atoms with van der Waals surface area (Å²) >= 11 is 0. The molecule has 2 N–H and O–H groups in total. The van der Waals surface area contributed by atoms with Crippen LogP contribution in [0, 0.1) is 5.92 Å². The molecule has 0 aromatic carbocycles. The van der Waals surface area contributed by atoms with Crippen molar-refractivity contribution >= 4 is 0 Å². The summed E-state index contributed by atoms with van der Waals surface area (Å²) in [4.78, 5) is 2.72. The molecule has 0 aromatic heterocycles. The van der Waals surface area contributed by atoms with Crippen molar-refractivity contribution in [1.82, 2.24) is 4.90 Å². The van der Waals surface area contributed by atoms with Crippen LogP contribution in [0.3, 0.4) is 0 Å². The number of hydrogen-bond acceptors (Lipinski definition) is 2. The van der Waals surface area contributed by atoms with Crippen molar-refractivity contribution in [2.24, 2.45) is 11.7 Å². The maximum absolute atomic E-state index is 6.07. The molecule has 2 heteroatoms. The number of likely N-dealkylation sites (tertiary alicyclic amines) is 1. The van der Waals surface area contributed by atoms with E-state index in [0.717, 1.165) is 12.5 Å². The van der Waals surface area contributed by atoms with Crippen molar-refractivity contribution in [3.63, 3.8) is 0 Å². The molecule has 2 aliphatic rings. The predicted molar refractivity (Wildman–Crippen MR) is 78.7 cm³/mol. The lowest BCUT2D eigenvalue weighted by molar-refractivity contribution is 0.148. The first-order valence-electron chi connectivity index (χ1n) is 8.34. The molecule has 106 valence electrons. The minimum absolute atomic E-state index is 0.672. The van der Waals surface area contributed by atoms with E-state index in [1.165, 1.54) is 83.7 Å². The third-order valence-electron chi connectivity index (χ3n) is 5.01. The van der Waals surface area contributed by atoms with Crippen LogP contribution in [0.5, 0.6) is 0 Å². The van der Waals surface area contributed by atoms with Crippen molar-refractivity contribution in [1.29, 1.82) is 0 Å². The van der Waals surface area contributed by atoms with Crippen LogP contribution < -0.4 is 5.73 Å². The molecule has 1 atom stereocenters. The molecular weight excluding hydrogens is 220 g/mol. The molecule has 1 aliphatic carbocycles. The second-order valence-electron chi connectivity index (χ2n) is 6.43. The fourth-order valence-electron chi connectivity index (χ4n) is 3.84. The summed E-state index contributed by atoms with van der Waals surface area (Å²) in [6.45, 7) is 3.47. The molecule has 2 fully saturated rings. The average Bonchev–Trinajstić information content (AvgIpc) is 2.37. The zero-order valence-electron chi connectivity index (χ0n) is 12.1. The molecule has 1 saturated heterocycles.